The highest BCUT2D eigenvalue weighted by molar-refractivity contribution is 7.99. The first-order valence-corrected chi connectivity index (χ1v) is 9.40. The van der Waals surface area contributed by atoms with Gasteiger partial charge < -0.3 is 9.13 Å². The lowest BCUT2D eigenvalue weighted by atomic mass is 10.3. The largest absolute Gasteiger partial charge is 0.347 e. The van der Waals surface area contributed by atoms with Crippen LogP contribution in [0.3, 0.4) is 0 Å². The maximum Gasteiger partial charge on any atom is 0.274 e. The molecule has 3 rings (SSSR count). The first kappa shape index (κ1) is 17.4. The number of hydrogen-bond donors (Lipinski definition) is 1. The molecule has 9 heteroatoms. The number of carbonyl (C=O) groups excluding carboxylic acids is 2. The van der Waals surface area contributed by atoms with E-state index >= 15 is 0 Å². The molecule has 25 heavy (non-hydrogen) atoms. The van der Waals surface area contributed by atoms with Crippen molar-refractivity contribution in [2.45, 2.75) is 11.6 Å². The predicted octanol–water partition coefficient (Wildman–Crippen LogP) is 1.85. The van der Waals surface area contributed by atoms with Gasteiger partial charge in [-0.25, -0.2) is 0 Å². The molecule has 0 radical (unpaired) electrons. The molecule has 3 aromatic rings. The van der Waals surface area contributed by atoms with Gasteiger partial charge in [-0.2, -0.15) is 0 Å². The number of hydrogen-bond acceptors (Lipinski definition) is 6. The maximum atomic E-state index is 12.0. The van der Waals surface area contributed by atoms with E-state index in [1.54, 1.807) is 41.3 Å². The van der Waals surface area contributed by atoms with Crippen LogP contribution in [0, 0.1) is 0 Å². The van der Waals surface area contributed by atoms with Crippen LogP contribution in [0.25, 0.3) is 0 Å². The molecule has 7 nitrogen and oxygen atoms in total. The van der Waals surface area contributed by atoms with Gasteiger partial charge in [0.05, 0.1) is 5.75 Å². The Hall–Kier alpha value is -2.39. The van der Waals surface area contributed by atoms with Crippen molar-refractivity contribution in [1.29, 1.82) is 0 Å². The standard InChI is InChI=1S/C16H17N5O2S2/c1-20-7-3-6-12(20)15(23)17-14(22)10-25-16-19-18-13(21(16)2)9-11-5-4-8-24-11/h3-8H,9-10H2,1-2H3,(H,17,22,23). The minimum Gasteiger partial charge on any atom is -0.347 e. The first-order chi connectivity index (χ1) is 12.0. The number of amides is 2. The van der Waals surface area contributed by atoms with Crippen LogP contribution >= 0.6 is 23.1 Å². The zero-order chi connectivity index (χ0) is 17.8. The van der Waals surface area contributed by atoms with Crippen LogP contribution in [0.4, 0.5) is 0 Å². The van der Waals surface area contributed by atoms with Crippen LogP contribution in [0.15, 0.2) is 41.0 Å². The topological polar surface area (TPSA) is 81.8 Å². The Morgan fingerprint density at radius 1 is 1.24 bits per heavy atom. The second kappa shape index (κ2) is 7.66. The summed E-state index contributed by atoms with van der Waals surface area (Å²) in [7, 11) is 3.63. The number of nitrogens with zero attached hydrogens (tertiary/aromatic N) is 4. The van der Waals surface area contributed by atoms with Crippen molar-refractivity contribution in [1.82, 2.24) is 24.6 Å². The molecule has 0 aromatic carbocycles. The summed E-state index contributed by atoms with van der Waals surface area (Å²) in [5.74, 6) is 0.167. The highest BCUT2D eigenvalue weighted by atomic mass is 32.2. The molecule has 0 spiro atoms. The molecule has 0 saturated heterocycles. The average Bonchev–Trinajstić information content (AvgIpc) is 3.30. The van der Waals surface area contributed by atoms with Crippen LogP contribution in [-0.4, -0.2) is 36.9 Å². The van der Waals surface area contributed by atoms with E-state index in [2.05, 4.69) is 21.6 Å². The molecule has 3 heterocycles. The monoisotopic (exact) mass is 375 g/mol. The minimum absolute atomic E-state index is 0.0984. The third-order valence-electron chi connectivity index (χ3n) is 3.60. The van der Waals surface area contributed by atoms with Crippen LogP contribution in [0.5, 0.6) is 0 Å². The van der Waals surface area contributed by atoms with E-state index in [9.17, 15) is 9.59 Å². The SMILES string of the molecule is Cn1cccc1C(=O)NC(=O)CSc1nnc(Cc2cccs2)n1C. The maximum absolute atomic E-state index is 12.0. The second-order valence-corrected chi connectivity index (χ2v) is 7.36. The van der Waals surface area contributed by atoms with Crippen LogP contribution in [0.2, 0.25) is 0 Å². The van der Waals surface area contributed by atoms with Crippen molar-refractivity contribution < 1.29 is 9.59 Å². The number of nitrogens with one attached hydrogen (secondary N) is 1. The van der Waals surface area contributed by atoms with Gasteiger partial charge >= 0.3 is 0 Å². The molecule has 0 aliphatic carbocycles. The van der Waals surface area contributed by atoms with E-state index in [-0.39, 0.29) is 11.7 Å². The van der Waals surface area contributed by atoms with Crippen molar-refractivity contribution in [3.8, 4) is 0 Å². The van der Waals surface area contributed by atoms with Gasteiger partial charge in [-0.05, 0) is 23.6 Å². The molecular formula is C16H17N5O2S2. The number of imide groups is 1. The van der Waals surface area contributed by atoms with Crippen molar-refractivity contribution in [2.24, 2.45) is 14.1 Å². The molecule has 1 N–H and O–H groups in total. The van der Waals surface area contributed by atoms with Crippen LogP contribution in [0.1, 0.15) is 21.2 Å². The van der Waals surface area contributed by atoms with Gasteiger partial charge in [-0.3, -0.25) is 14.9 Å². The first-order valence-electron chi connectivity index (χ1n) is 7.53. The van der Waals surface area contributed by atoms with Crippen LogP contribution in [-0.2, 0) is 25.3 Å². The van der Waals surface area contributed by atoms with Crippen LogP contribution < -0.4 is 5.32 Å². The lowest BCUT2D eigenvalue weighted by Crippen LogP contribution is -2.33. The third-order valence-corrected chi connectivity index (χ3v) is 5.50. The fourth-order valence-electron chi connectivity index (χ4n) is 2.25. The lowest BCUT2D eigenvalue weighted by molar-refractivity contribution is -0.117. The van der Waals surface area contributed by atoms with Gasteiger partial charge in [0.2, 0.25) is 5.91 Å². The van der Waals surface area contributed by atoms with Gasteiger partial charge in [-0.15, -0.1) is 21.5 Å². The Balaban J connectivity index is 1.55. The molecule has 0 unspecified atom stereocenters. The van der Waals surface area contributed by atoms with Crippen molar-refractivity contribution in [3.05, 3.63) is 52.2 Å². The summed E-state index contributed by atoms with van der Waals surface area (Å²) in [6, 6.07) is 7.47. The summed E-state index contributed by atoms with van der Waals surface area (Å²) in [6.45, 7) is 0. The average molecular weight is 375 g/mol. The van der Waals surface area contributed by atoms with Crippen molar-refractivity contribution in [2.75, 3.05) is 5.75 Å². The van der Waals surface area contributed by atoms with E-state index in [1.807, 2.05) is 23.1 Å². The normalized spacial score (nSPS) is 10.8. The molecule has 3 aromatic heterocycles. The smallest absolute Gasteiger partial charge is 0.274 e. The summed E-state index contributed by atoms with van der Waals surface area (Å²) >= 11 is 2.92. The quantitative estimate of drug-likeness (QED) is 0.665. The summed E-state index contributed by atoms with van der Waals surface area (Å²) < 4.78 is 3.53. The number of carbonyl (C=O) groups is 2. The van der Waals surface area contributed by atoms with E-state index < -0.39 is 5.91 Å². The second-order valence-electron chi connectivity index (χ2n) is 5.38. The van der Waals surface area contributed by atoms with E-state index in [0.29, 0.717) is 17.3 Å². The summed E-state index contributed by atoms with van der Waals surface area (Å²) in [6.07, 6.45) is 2.46. The molecule has 130 valence electrons. The molecule has 0 fully saturated rings. The Morgan fingerprint density at radius 3 is 2.76 bits per heavy atom. The zero-order valence-corrected chi connectivity index (χ0v) is 15.4. The molecular weight excluding hydrogens is 358 g/mol. The highest BCUT2D eigenvalue weighted by Gasteiger charge is 2.15. The zero-order valence-electron chi connectivity index (χ0n) is 13.8. The number of thiophene rings is 1. The van der Waals surface area contributed by atoms with E-state index in [0.717, 1.165) is 5.82 Å². The van der Waals surface area contributed by atoms with Crippen molar-refractivity contribution in [3.63, 3.8) is 0 Å². The van der Waals surface area contributed by atoms with Gasteiger partial charge in [0, 0.05) is 31.6 Å². The molecule has 0 bridgehead atoms. The number of aryl methyl sites for hydroxylation is 1. The Labute approximate surface area is 153 Å². The minimum atomic E-state index is -0.408. The van der Waals surface area contributed by atoms with Gasteiger partial charge in [0.15, 0.2) is 5.16 Å². The highest BCUT2D eigenvalue weighted by Crippen LogP contribution is 2.18. The molecule has 0 atom stereocenters. The fourth-order valence-corrected chi connectivity index (χ4v) is 3.68. The Kier molecular flexibility index (Phi) is 5.34. The van der Waals surface area contributed by atoms with E-state index in [1.165, 1.54) is 16.6 Å². The Morgan fingerprint density at radius 2 is 2.08 bits per heavy atom. The van der Waals surface area contributed by atoms with Gasteiger partial charge in [0.1, 0.15) is 11.5 Å². The van der Waals surface area contributed by atoms with Crippen molar-refractivity contribution >= 4 is 34.9 Å². The molecule has 0 saturated carbocycles. The summed E-state index contributed by atoms with van der Waals surface area (Å²) in [5, 5.41) is 13.4. The number of thioether (sulfide) groups is 1. The summed E-state index contributed by atoms with van der Waals surface area (Å²) in [5.41, 5.74) is 0.440. The number of rotatable bonds is 6. The fraction of sp³-hybridized carbons (Fsp3) is 0.250. The number of aromatic nitrogens is 4. The molecule has 0 aliphatic heterocycles. The molecule has 0 aliphatic rings. The van der Waals surface area contributed by atoms with E-state index in [4.69, 9.17) is 0 Å². The predicted molar refractivity (Wildman–Crippen MR) is 96.7 cm³/mol. The van der Waals surface area contributed by atoms with Gasteiger partial charge in [-0.1, -0.05) is 17.8 Å². The Bertz CT molecular complexity index is 882. The lowest BCUT2D eigenvalue weighted by Gasteiger charge is -2.05. The van der Waals surface area contributed by atoms with Gasteiger partial charge in [0.25, 0.3) is 5.91 Å². The third kappa shape index (κ3) is 4.18. The summed E-state index contributed by atoms with van der Waals surface area (Å²) in [4.78, 5) is 25.2. The molecule has 2 amide bonds.